The van der Waals surface area contributed by atoms with Crippen LogP contribution >= 0.6 is 0 Å². The molecule has 4 rings (SSSR count). The van der Waals surface area contributed by atoms with Crippen LogP contribution in [0.25, 0.3) is 0 Å². The van der Waals surface area contributed by atoms with E-state index in [0.717, 1.165) is 68.1 Å². The van der Waals surface area contributed by atoms with E-state index in [4.69, 9.17) is 4.74 Å². The van der Waals surface area contributed by atoms with E-state index in [-0.39, 0.29) is 5.41 Å². The lowest BCUT2D eigenvalue weighted by Crippen LogP contribution is -2.49. The minimum Gasteiger partial charge on any atom is -0.497 e. The largest absolute Gasteiger partial charge is 0.497 e. The molecular weight excluding hydrogens is 350 g/mol. The molecule has 0 N–H and O–H groups in total. The highest BCUT2D eigenvalue weighted by Gasteiger charge is 2.48. The van der Waals surface area contributed by atoms with Gasteiger partial charge in [-0.15, -0.1) is 0 Å². The summed E-state index contributed by atoms with van der Waals surface area (Å²) in [6, 6.07) is 14.2. The topological polar surface area (TPSA) is 45.7 Å². The Balaban J connectivity index is 1.43. The van der Waals surface area contributed by atoms with Gasteiger partial charge in [-0.3, -0.25) is 14.7 Å². The maximum atomic E-state index is 13.4. The molecule has 3 heterocycles. The monoisotopic (exact) mass is 379 g/mol. The number of hydrogen-bond donors (Lipinski definition) is 0. The quantitative estimate of drug-likeness (QED) is 0.799. The molecule has 0 aliphatic carbocycles. The van der Waals surface area contributed by atoms with Crippen molar-refractivity contribution < 1.29 is 9.53 Å². The van der Waals surface area contributed by atoms with Crippen LogP contribution in [0.15, 0.2) is 42.5 Å². The molecule has 148 valence electrons. The smallest absolute Gasteiger partial charge is 0.230 e. The Morgan fingerprint density at radius 2 is 1.96 bits per heavy atom. The third kappa shape index (κ3) is 3.90. The van der Waals surface area contributed by atoms with E-state index >= 15 is 0 Å². The summed E-state index contributed by atoms with van der Waals surface area (Å²) in [6.45, 7) is 6.17. The van der Waals surface area contributed by atoms with Crippen LogP contribution in [0.1, 0.15) is 36.2 Å². The number of amides is 1. The van der Waals surface area contributed by atoms with Crippen molar-refractivity contribution in [3.05, 3.63) is 59.4 Å². The van der Waals surface area contributed by atoms with E-state index in [9.17, 15) is 4.79 Å². The molecule has 2 aliphatic heterocycles. The molecule has 0 radical (unpaired) electrons. The van der Waals surface area contributed by atoms with Crippen molar-refractivity contribution in [2.24, 2.45) is 5.41 Å². The van der Waals surface area contributed by atoms with Gasteiger partial charge in [0, 0.05) is 31.9 Å². The number of benzene rings is 1. The summed E-state index contributed by atoms with van der Waals surface area (Å²) in [5, 5.41) is 0. The second kappa shape index (κ2) is 7.92. The molecule has 5 heteroatoms. The van der Waals surface area contributed by atoms with Gasteiger partial charge in [0.25, 0.3) is 0 Å². The number of carbonyl (C=O) groups is 1. The lowest BCUT2D eigenvalue weighted by molar-refractivity contribution is -0.146. The average molecular weight is 380 g/mol. The second-order valence-corrected chi connectivity index (χ2v) is 8.19. The fraction of sp³-hybridized carbons (Fsp3) is 0.478. The Labute approximate surface area is 167 Å². The van der Waals surface area contributed by atoms with Crippen LogP contribution < -0.4 is 4.74 Å². The van der Waals surface area contributed by atoms with Crippen molar-refractivity contribution in [2.75, 3.05) is 26.7 Å². The predicted molar refractivity (Wildman–Crippen MR) is 109 cm³/mol. The molecule has 1 spiro atoms. The molecule has 0 bridgehead atoms. The van der Waals surface area contributed by atoms with Gasteiger partial charge in [0.05, 0.1) is 18.2 Å². The Morgan fingerprint density at radius 3 is 2.79 bits per heavy atom. The summed E-state index contributed by atoms with van der Waals surface area (Å²) in [6.07, 6.45) is 3.02. The predicted octanol–water partition coefficient (Wildman–Crippen LogP) is 3.41. The summed E-state index contributed by atoms with van der Waals surface area (Å²) in [5.41, 5.74) is 3.04. The zero-order chi connectivity index (χ0) is 19.6. The van der Waals surface area contributed by atoms with E-state index in [1.807, 2.05) is 36.1 Å². The standard InChI is InChI=1S/C23H29N3O2/c1-18-6-3-8-20(24-18)16-25-13-11-23(17-25)10-5-12-26(22(23)27)15-19-7-4-9-21(14-19)28-2/h3-4,6-9,14H,5,10-13,15-17H2,1-2H3. The number of likely N-dealkylation sites (tertiary alicyclic amines) is 2. The van der Waals surface area contributed by atoms with Gasteiger partial charge in [-0.05, 0) is 62.6 Å². The maximum absolute atomic E-state index is 13.4. The first-order chi connectivity index (χ1) is 13.6. The SMILES string of the molecule is COc1cccc(CN2CCCC3(CCN(Cc4cccc(C)n4)C3)C2=O)c1. The minimum absolute atomic E-state index is 0.221. The number of carbonyl (C=O) groups excluding carboxylic acids is 1. The van der Waals surface area contributed by atoms with E-state index in [1.54, 1.807) is 7.11 Å². The van der Waals surface area contributed by atoms with E-state index in [1.165, 1.54) is 0 Å². The van der Waals surface area contributed by atoms with E-state index < -0.39 is 0 Å². The number of piperidine rings is 1. The lowest BCUT2D eigenvalue weighted by atomic mass is 9.78. The summed E-state index contributed by atoms with van der Waals surface area (Å²) in [7, 11) is 1.68. The second-order valence-electron chi connectivity index (χ2n) is 8.19. The zero-order valence-corrected chi connectivity index (χ0v) is 16.9. The van der Waals surface area contributed by atoms with Gasteiger partial charge in [0.2, 0.25) is 5.91 Å². The van der Waals surface area contributed by atoms with Crippen molar-refractivity contribution >= 4 is 5.91 Å². The number of pyridine rings is 1. The number of methoxy groups -OCH3 is 1. The van der Waals surface area contributed by atoms with Gasteiger partial charge in [-0.1, -0.05) is 18.2 Å². The first-order valence-corrected chi connectivity index (χ1v) is 10.2. The van der Waals surface area contributed by atoms with Crippen LogP contribution in [0.4, 0.5) is 0 Å². The van der Waals surface area contributed by atoms with Crippen molar-refractivity contribution in [1.82, 2.24) is 14.8 Å². The molecule has 28 heavy (non-hydrogen) atoms. The summed E-state index contributed by atoms with van der Waals surface area (Å²) >= 11 is 0. The molecule has 0 saturated carbocycles. The third-order valence-electron chi connectivity index (χ3n) is 6.10. The highest BCUT2D eigenvalue weighted by Crippen LogP contribution is 2.41. The van der Waals surface area contributed by atoms with Crippen molar-refractivity contribution in [1.29, 1.82) is 0 Å². The fourth-order valence-corrected chi connectivity index (χ4v) is 4.68. The number of aryl methyl sites for hydroxylation is 1. The third-order valence-corrected chi connectivity index (χ3v) is 6.10. The van der Waals surface area contributed by atoms with Crippen molar-refractivity contribution in [2.45, 2.75) is 39.3 Å². The molecule has 2 saturated heterocycles. The number of aromatic nitrogens is 1. The molecule has 1 aromatic carbocycles. The van der Waals surface area contributed by atoms with Crippen molar-refractivity contribution in [3.8, 4) is 5.75 Å². The normalized spacial score (nSPS) is 22.8. The van der Waals surface area contributed by atoms with E-state index in [2.05, 4.69) is 28.1 Å². The van der Waals surface area contributed by atoms with Gasteiger partial charge in [0.1, 0.15) is 5.75 Å². The Kier molecular flexibility index (Phi) is 5.36. The first kappa shape index (κ1) is 18.9. The van der Waals surface area contributed by atoms with Crippen LogP contribution in [0.5, 0.6) is 5.75 Å². The van der Waals surface area contributed by atoms with Crippen LogP contribution in [0.2, 0.25) is 0 Å². The Hall–Kier alpha value is -2.40. The van der Waals surface area contributed by atoms with Gasteiger partial charge >= 0.3 is 0 Å². The summed E-state index contributed by atoms with van der Waals surface area (Å²) in [5.74, 6) is 1.16. The molecular formula is C23H29N3O2. The number of ether oxygens (including phenoxy) is 1. The van der Waals surface area contributed by atoms with Crippen molar-refractivity contribution in [3.63, 3.8) is 0 Å². The zero-order valence-electron chi connectivity index (χ0n) is 16.9. The summed E-state index contributed by atoms with van der Waals surface area (Å²) < 4.78 is 5.33. The first-order valence-electron chi connectivity index (χ1n) is 10.2. The fourth-order valence-electron chi connectivity index (χ4n) is 4.68. The Morgan fingerprint density at radius 1 is 1.11 bits per heavy atom. The molecule has 1 unspecified atom stereocenters. The highest BCUT2D eigenvalue weighted by atomic mass is 16.5. The summed E-state index contributed by atoms with van der Waals surface area (Å²) in [4.78, 5) is 22.5. The van der Waals surface area contributed by atoms with E-state index in [0.29, 0.717) is 12.5 Å². The number of hydrogen-bond acceptors (Lipinski definition) is 4. The van der Waals surface area contributed by atoms with Crippen LogP contribution in [0, 0.1) is 12.3 Å². The lowest BCUT2D eigenvalue weighted by Gasteiger charge is -2.39. The molecule has 1 aromatic heterocycles. The van der Waals surface area contributed by atoms with Gasteiger partial charge in [-0.2, -0.15) is 0 Å². The number of rotatable bonds is 5. The maximum Gasteiger partial charge on any atom is 0.230 e. The molecule has 5 nitrogen and oxygen atoms in total. The highest BCUT2D eigenvalue weighted by molar-refractivity contribution is 5.84. The number of nitrogens with zero attached hydrogens (tertiary/aromatic N) is 3. The average Bonchev–Trinajstić information content (AvgIpc) is 3.09. The molecule has 2 aliphatic rings. The minimum atomic E-state index is -0.221. The molecule has 2 fully saturated rings. The van der Waals surface area contributed by atoms with Gasteiger partial charge in [-0.25, -0.2) is 0 Å². The molecule has 2 aromatic rings. The van der Waals surface area contributed by atoms with Gasteiger partial charge in [0.15, 0.2) is 0 Å². The van der Waals surface area contributed by atoms with Gasteiger partial charge < -0.3 is 9.64 Å². The molecule has 1 atom stereocenters. The van der Waals surface area contributed by atoms with Crippen LogP contribution in [-0.4, -0.2) is 47.4 Å². The van der Waals surface area contributed by atoms with Crippen LogP contribution in [-0.2, 0) is 17.9 Å². The van der Waals surface area contributed by atoms with Crippen LogP contribution in [0.3, 0.4) is 0 Å². The molecule has 1 amide bonds. The Bertz CT molecular complexity index is 853.